The summed E-state index contributed by atoms with van der Waals surface area (Å²) in [7, 11) is 0. The molecule has 0 aromatic heterocycles. The third kappa shape index (κ3) is 3.58. The minimum Gasteiger partial charge on any atom is -0.507 e. The maximum absolute atomic E-state index is 13.0. The highest BCUT2D eigenvalue weighted by molar-refractivity contribution is 6.46. The maximum Gasteiger partial charge on any atom is 0.295 e. The monoisotopic (exact) mass is 391 g/mol. The third-order valence-electron chi connectivity index (χ3n) is 5.77. The summed E-state index contributed by atoms with van der Waals surface area (Å²) < 4.78 is 5.72. The van der Waals surface area contributed by atoms with Gasteiger partial charge in [-0.25, -0.2) is 0 Å². The number of ketones is 1. The number of Topliss-reactive ketones (excluding diaryl/α,β-unsaturated/α-hetero) is 1. The van der Waals surface area contributed by atoms with E-state index in [0.717, 1.165) is 29.5 Å². The summed E-state index contributed by atoms with van der Waals surface area (Å²) in [6, 6.07) is 14.3. The van der Waals surface area contributed by atoms with Gasteiger partial charge in [0, 0.05) is 18.7 Å². The maximum atomic E-state index is 13.0. The largest absolute Gasteiger partial charge is 0.507 e. The number of aliphatic hydroxyl groups excluding tert-OH is 1. The van der Waals surface area contributed by atoms with Crippen molar-refractivity contribution < 1.29 is 19.4 Å². The van der Waals surface area contributed by atoms with Crippen molar-refractivity contribution in [2.45, 2.75) is 38.8 Å². The van der Waals surface area contributed by atoms with Gasteiger partial charge in [0.05, 0.1) is 17.7 Å². The zero-order chi connectivity index (χ0) is 20.5. The van der Waals surface area contributed by atoms with Crippen LogP contribution in [0, 0.1) is 13.8 Å². The molecule has 1 N–H and O–H groups in total. The molecule has 0 saturated carbocycles. The third-order valence-corrected chi connectivity index (χ3v) is 5.77. The van der Waals surface area contributed by atoms with Crippen molar-refractivity contribution in [3.63, 3.8) is 0 Å². The number of benzene rings is 2. The predicted octanol–water partition coefficient (Wildman–Crippen LogP) is 3.90. The number of hydrogen-bond donors (Lipinski definition) is 1. The molecule has 2 aliphatic heterocycles. The van der Waals surface area contributed by atoms with Crippen LogP contribution in [0.15, 0.2) is 54.1 Å². The Labute approximate surface area is 170 Å². The Bertz CT molecular complexity index is 971. The Morgan fingerprint density at radius 2 is 1.83 bits per heavy atom. The first-order chi connectivity index (χ1) is 14.0. The summed E-state index contributed by atoms with van der Waals surface area (Å²) in [4.78, 5) is 27.6. The lowest BCUT2D eigenvalue weighted by Crippen LogP contribution is -2.36. The molecule has 2 aliphatic rings. The van der Waals surface area contributed by atoms with Crippen molar-refractivity contribution in [2.75, 3.05) is 13.2 Å². The molecule has 5 nitrogen and oxygen atoms in total. The van der Waals surface area contributed by atoms with Crippen LogP contribution < -0.4 is 0 Å². The molecule has 2 heterocycles. The Kier molecular flexibility index (Phi) is 5.24. The Balaban J connectivity index is 1.84. The second-order valence-corrected chi connectivity index (χ2v) is 7.81. The molecule has 29 heavy (non-hydrogen) atoms. The quantitative estimate of drug-likeness (QED) is 0.488. The number of rotatable bonds is 4. The second kappa shape index (κ2) is 7.84. The summed E-state index contributed by atoms with van der Waals surface area (Å²) >= 11 is 0. The number of amides is 1. The number of carbonyl (C=O) groups excluding carboxylic acids is 2. The number of carbonyl (C=O) groups is 2. The van der Waals surface area contributed by atoms with Gasteiger partial charge in [-0.1, -0.05) is 54.1 Å². The minimum absolute atomic E-state index is 0.0841. The first-order valence-corrected chi connectivity index (χ1v) is 10.00. The van der Waals surface area contributed by atoms with Crippen LogP contribution in [-0.2, 0) is 14.3 Å². The summed E-state index contributed by atoms with van der Waals surface area (Å²) in [6.07, 6.45) is 1.73. The van der Waals surface area contributed by atoms with Crippen LogP contribution in [0.4, 0.5) is 0 Å². The first-order valence-electron chi connectivity index (χ1n) is 10.00. The molecule has 150 valence electrons. The number of likely N-dealkylation sites (tertiary alicyclic amines) is 1. The SMILES string of the molecule is Cc1ccc(/C(O)=C2/C(=O)C(=O)N(CC3CCCO3)C2c2ccccc2C)cc1. The van der Waals surface area contributed by atoms with Gasteiger partial charge in [-0.05, 0) is 37.8 Å². The van der Waals surface area contributed by atoms with E-state index in [1.54, 1.807) is 17.0 Å². The molecule has 2 saturated heterocycles. The fourth-order valence-electron chi connectivity index (χ4n) is 4.16. The van der Waals surface area contributed by atoms with Gasteiger partial charge in [-0.3, -0.25) is 9.59 Å². The van der Waals surface area contributed by atoms with Gasteiger partial charge in [-0.15, -0.1) is 0 Å². The van der Waals surface area contributed by atoms with Crippen molar-refractivity contribution in [2.24, 2.45) is 0 Å². The van der Waals surface area contributed by atoms with E-state index in [9.17, 15) is 14.7 Å². The number of nitrogens with zero attached hydrogens (tertiary/aromatic N) is 1. The van der Waals surface area contributed by atoms with E-state index in [4.69, 9.17) is 4.74 Å². The van der Waals surface area contributed by atoms with Crippen LogP contribution in [0.3, 0.4) is 0 Å². The molecule has 0 bridgehead atoms. The van der Waals surface area contributed by atoms with E-state index in [1.165, 1.54) is 0 Å². The lowest BCUT2D eigenvalue weighted by atomic mass is 9.92. The fourth-order valence-corrected chi connectivity index (χ4v) is 4.16. The molecule has 0 radical (unpaired) electrons. The lowest BCUT2D eigenvalue weighted by molar-refractivity contribution is -0.140. The molecule has 0 aliphatic carbocycles. The molecule has 2 aromatic carbocycles. The van der Waals surface area contributed by atoms with Crippen LogP contribution in [-0.4, -0.2) is 41.0 Å². The molecule has 2 unspecified atom stereocenters. The normalized spacial score (nSPS) is 23.7. The lowest BCUT2D eigenvalue weighted by Gasteiger charge is -2.28. The Morgan fingerprint density at radius 1 is 1.10 bits per heavy atom. The van der Waals surface area contributed by atoms with Gasteiger partial charge < -0.3 is 14.7 Å². The van der Waals surface area contributed by atoms with E-state index in [-0.39, 0.29) is 17.4 Å². The van der Waals surface area contributed by atoms with E-state index < -0.39 is 17.7 Å². The molecule has 2 atom stereocenters. The van der Waals surface area contributed by atoms with Gasteiger partial charge in [0.2, 0.25) is 0 Å². The van der Waals surface area contributed by atoms with Gasteiger partial charge in [-0.2, -0.15) is 0 Å². The van der Waals surface area contributed by atoms with E-state index in [0.29, 0.717) is 18.7 Å². The molecule has 2 fully saturated rings. The van der Waals surface area contributed by atoms with Crippen molar-refractivity contribution in [3.05, 3.63) is 76.4 Å². The average molecular weight is 391 g/mol. The number of aliphatic hydroxyl groups is 1. The highest BCUT2D eigenvalue weighted by Crippen LogP contribution is 2.41. The number of hydrogen-bond acceptors (Lipinski definition) is 4. The van der Waals surface area contributed by atoms with Gasteiger partial charge >= 0.3 is 0 Å². The molecular weight excluding hydrogens is 366 g/mol. The summed E-state index contributed by atoms with van der Waals surface area (Å²) in [5, 5.41) is 11.0. The Hall–Kier alpha value is -2.92. The van der Waals surface area contributed by atoms with Crippen molar-refractivity contribution >= 4 is 17.4 Å². The highest BCUT2D eigenvalue weighted by atomic mass is 16.5. The van der Waals surface area contributed by atoms with E-state index in [1.807, 2.05) is 50.2 Å². The summed E-state index contributed by atoms with van der Waals surface area (Å²) in [6.45, 7) is 4.92. The van der Waals surface area contributed by atoms with Gasteiger partial charge in [0.25, 0.3) is 11.7 Å². The summed E-state index contributed by atoms with van der Waals surface area (Å²) in [5.41, 5.74) is 3.54. The molecule has 4 rings (SSSR count). The standard InChI is InChI=1S/C24H25NO4/c1-15-9-11-17(12-10-15)22(26)20-21(19-8-4-3-6-16(19)2)25(24(28)23(20)27)14-18-7-5-13-29-18/h3-4,6,8-12,18,21,26H,5,7,13-14H2,1-2H3/b22-20-. The van der Waals surface area contributed by atoms with E-state index >= 15 is 0 Å². The topological polar surface area (TPSA) is 66.8 Å². The molecule has 5 heteroatoms. The second-order valence-electron chi connectivity index (χ2n) is 7.81. The van der Waals surface area contributed by atoms with Crippen molar-refractivity contribution in [1.29, 1.82) is 0 Å². The van der Waals surface area contributed by atoms with Crippen LogP contribution in [0.2, 0.25) is 0 Å². The molecule has 1 amide bonds. The highest BCUT2D eigenvalue weighted by Gasteiger charge is 2.47. The number of ether oxygens (including phenoxy) is 1. The first kappa shape index (κ1) is 19.4. The van der Waals surface area contributed by atoms with Gasteiger partial charge in [0.1, 0.15) is 5.76 Å². The summed E-state index contributed by atoms with van der Waals surface area (Å²) in [5.74, 6) is -1.36. The molecule has 0 spiro atoms. The van der Waals surface area contributed by atoms with Gasteiger partial charge in [0.15, 0.2) is 0 Å². The van der Waals surface area contributed by atoms with E-state index in [2.05, 4.69) is 0 Å². The smallest absolute Gasteiger partial charge is 0.295 e. The van der Waals surface area contributed by atoms with Crippen LogP contribution in [0.5, 0.6) is 0 Å². The fraction of sp³-hybridized carbons (Fsp3) is 0.333. The zero-order valence-electron chi connectivity index (χ0n) is 16.7. The van der Waals surface area contributed by atoms with Crippen molar-refractivity contribution in [3.8, 4) is 0 Å². The van der Waals surface area contributed by atoms with Crippen LogP contribution in [0.25, 0.3) is 5.76 Å². The molecular formula is C24H25NO4. The van der Waals surface area contributed by atoms with Crippen molar-refractivity contribution in [1.82, 2.24) is 4.90 Å². The zero-order valence-corrected chi connectivity index (χ0v) is 16.7. The average Bonchev–Trinajstić information content (AvgIpc) is 3.31. The Morgan fingerprint density at radius 3 is 2.48 bits per heavy atom. The van der Waals surface area contributed by atoms with Crippen LogP contribution >= 0.6 is 0 Å². The number of aryl methyl sites for hydroxylation is 2. The molecule has 2 aromatic rings. The van der Waals surface area contributed by atoms with Crippen LogP contribution in [0.1, 0.15) is 41.1 Å². The predicted molar refractivity (Wildman–Crippen MR) is 110 cm³/mol. The minimum atomic E-state index is -0.644.